The van der Waals surface area contributed by atoms with Gasteiger partial charge >= 0.3 is 0 Å². The van der Waals surface area contributed by atoms with Crippen LogP contribution in [0.4, 0.5) is 10.1 Å². The number of nitrogens with zero attached hydrogens (tertiary/aromatic N) is 1. The average Bonchev–Trinajstić information content (AvgIpc) is 2.31. The van der Waals surface area contributed by atoms with E-state index in [4.69, 9.17) is 0 Å². The van der Waals surface area contributed by atoms with Crippen LogP contribution in [0, 0.1) is 12.7 Å². The maximum Gasteiger partial charge on any atom is 0.137 e. The van der Waals surface area contributed by atoms with E-state index in [9.17, 15) is 4.39 Å². The standard InChI is InChI=1S/C13H12BrFN2/c1-9-4-11(8-16-6-9)17-7-10-2-3-13(15)12(14)5-10/h2-6,8,17H,7H2,1H3. The molecule has 17 heavy (non-hydrogen) atoms. The summed E-state index contributed by atoms with van der Waals surface area (Å²) in [4.78, 5) is 4.10. The van der Waals surface area contributed by atoms with Gasteiger partial charge in [0.25, 0.3) is 0 Å². The van der Waals surface area contributed by atoms with Crippen molar-refractivity contribution < 1.29 is 4.39 Å². The first-order valence-electron chi connectivity index (χ1n) is 5.24. The van der Waals surface area contributed by atoms with Crippen LogP contribution in [0.25, 0.3) is 0 Å². The third kappa shape index (κ3) is 3.27. The number of hydrogen-bond donors (Lipinski definition) is 1. The normalized spacial score (nSPS) is 10.3. The number of hydrogen-bond acceptors (Lipinski definition) is 2. The van der Waals surface area contributed by atoms with Crippen LogP contribution in [0.5, 0.6) is 0 Å². The highest BCUT2D eigenvalue weighted by Gasteiger charge is 2.00. The largest absolute Gasteiger partial charge is 0.380 e. The number of halogens is 2. The summed E-state index contributed by atoms with van der Waals surface area (Å²) in [5.74, 6) is -0.244. The van der Waals surface area contributed by atoms with E-state index in [2.05, 4.69) is 26.2 Å². The molecule has 0 saturated heterocycles. The summed E-state index contributed by atoms with van der Waals surface area (Å²) in [6.07, 6.45) is 3.57. The van der Waals surface area contributed by atoms with Gasteiger partial charge in [-0.3, -0.25) is 4.98 Å². The van der Waals surface area contributed by atoms with Crippen LogP contribution < -0.4 is 5.32 Å². The van der Waals surface area contributed by atoms with Gasteiger partial charge in [0.15, 0.2) is 0 Å². The Morgan fingerprint density at radius 3 is 2.82 bits per heavy atom. The van der Waals surface area contributed by atoms with Gasteiger partial charge in [-0.25, -0.2) is 4.39 Å². The Morgan fingerprint density at radius 2 is 2.12 bits per heavy atom. The fourth-order valence-corrected chi connectivity index (χ4v) is 1.93. The quantitative estimate of drug-likeness (QED) is 0.928. The first-order chi connectivity index (χ1) is 8.15. The van der Waals surface area contributed by atoms with Crippen LogP contribution in [-0.4, -0.2) is 4.98 Å². The number of aryl methyl sites for hydroxylation is 1. The molecule has 4 heteroatoms. The molecule has 0 aliphatic rings. The van der Waals surface area contributed by atoms with Crippen LogP contribution in [0.15, 0.2) is 41.1 Å². The van der Waals surface area contributed by atoms with Crippen molar-refractivity contribution in [3.05, 3.63) is 58.1 Å². The second kappa shape index (κ2) is 5.27. The van der Waals surface area contributed by atoms with Crippen molar-refractivity contribution in [2.75, 3.05) is 5.32 Å². The van der Waals surface area contributed by atoms with Crippen LogP contribution >= 0.6 is 15.9 Å². The zero-order valence-corrected chi connectivity index (χ0v) is 11.0. The highest BCUT2D eigenvalue weighted by atomic mass is 79.9. The lowest BCUT2D eigenvalue weighted by molar-refractivity contribution is 0.620. The predicted molar refractivity (Wildman–Crippen MR) is 70.4 cm³/mol. The number of pyridine rings is 1. The van der Waals surface area contributed by atoms with Gasteiger partial charge in [-0.05, 0) is 52.2 Å². The van der Waals surface area contributed by atoms with Crippen LogP contribution in [0.1, 0.15) is 11.1 Å². The number of aromatic nitrogens is 1. The molecule has 88 valence electrons. The van der Waals surface area contributed by atoms with Crippen LogP contribution in [-0.2, 0) is 6.54 Å². The SMILES string of the molecule is Cc1cncc(NCc2ccc(F)c(Br)c2)c1. The third-order valence-electron chi connectivity index (χ3n) is 2.36. The van der Waals surface area contributed by atoms with Crippen molar-refractivity contribution in [1.82, 2.24) is 4.98 Å². The molecule has 0 spiro atoms. The van der Waals surface area contributed by atoms with Crippen molar-refractivity contribution in [3.63, 3.8) is 0 Å². The maximum absolute atomic E-state index is 13.0. The molecule has 0 aliphatic carbocycles. The molecule has 1 heterocycles. The number of anilines is 1. The third-order valence-corrected chi connectivity index (χ3v) is 2.96. The van der Waals surface area contributed by atoms with Gasteiger partial charge in [0.1, 0.15) is 5.82 Å². The molecule has 0 saturated carbocycles. The molecule has 0 amide bonds. The molecule has 0 unspecified atom stereocenters. The van der Waals surface area contributed by atoms with E-state index in [0.717, 1.165) is 16.8 Å². The fourth-order valence-electron chi connectivity index (χ4n) is 1.51. The molecule has 0 aliphatic heterocycles. The number of nitrogens with one attached hydrogen (secondary N) is 1. The zero-order valence-electron chi connectivity index (χ0n) is 9.37. The van der Waals surface area contributed by atoms with Gasteiger partial charge in [0.05, 0.1) is 10.2 Å². The maximum atomic E-state index is 13.0. The Labute approximate surface area is 108 Å². The Balaban J connectivity index is 2.05. The van der Waals surface area contributed by atoms with E-state index >= 15 is 0 Å². The minimum atomic E-state index is -0.244. The Morgan fingerprint density at radius 1 is 1.29 bits per heavy atom. The lowest BCUT2D eigenvalue weighted by atomic mass is 10.2. The highest BCUT2D eigenvalue weighted by molar-refractivity contribution is 9.10. The summed E-state index contributed by atoms with van der Waals surface area (Å²) in [7, 11) is 0. The molecule has 1 N–H and O–H groups in total. The molecule has 0 atom stereocenters. The minimum Gasteiger partial charge on any atom is -0.380 e. The van der Waals surface area contributed by atoms with Crippen molar-refractivity contribution in [1.29, 1.82) is 0 Å². The van der Waals surface area contributed by atoms with Gasteiger partial charge in [0.2, 0.25) is 0 Å². The first kappa shape index (κ1) is 12.0. The minimum absolute atomic E-state index is 0.244. The first-order valence-corrected chi connectivity index (χ1v) is 6.04. The molecule has 0 radical (unpaired) electrons. The van der Waals surface area contributed by atoms with E-state index in [1.54, 1.807) is 24.5 Å². The molecule has 0 fully saturated rings. The molecule has 2 rings (SSSR count). The smallest absolute Gasteiger partial charge is 0.137 e. The summed E-state index contributed by atoms with van der Waals surface area (Å²) in [6.45, 7) is 2.64. The Hall–Kier alpha value is -1.42. The number of rotatable bonds is 3. The van der Waals surface area contributed by atoms with Crippen molar-refractivity contribution >= 4 is 21.6 Å². The van der Waals surface area contributed by atoms with E-state index < -0.39 is 0 Å². The highest BCUT2D eigenvalue weighted by Crippen LogP contribution is 2.17. The Bertz CT molecular complexity index is 529. The van der Waals surface area contributed by atoms with Gasteiger partial charge < -0.3 is 5.32 Å². The van der Waals surface area contributed by atoms with E-state index in [-0.39, 0.29) is 5.82 Å². The molecule has 1 aromatic carbocycles. The average molecular weight is 295 g/mol. The zero-order chi connectivity index (χ0) is 12.3. The number of benzene rings is 1. The molecule has 0 bridgehead atoms. The predicted octanol–water partition coefficient (Wildman–Crippen LogP) is 3.90. The van der Waals surface area contributed by atoms with Crippen molar-refractivity contribution in [3.8, 4) is 0 Å². The fraction of sp³-hybridized carbons (Fsp3) is 0.154. The van der Waals surface area contributed by atoms with Gasteiger partial charge in [-0.15, -0.1) is 0 Å². The summed E-state index contributed by atoms with van der Waals surface area (Å²) in [5, 5.41) is 3.24. The Kier molecular flexibility index (Phi) is 3.74. The van der Waals surface area contributed by atoms with Gasteiger partial charge in [0, 0.05) is 18.9 Å². The van der Waals surface area contributed by atoms with Crippen LogP contribution in [0.2, 0.25) is 0 Å². The molecular weight excluding hydrogens is 283 g/mol. The van der Waals surface area contributed by atoms with Gasteiger partial charge in [-0.1, -0.05) is 6.07 Å². The van der Waals surface area contributed by atoms with E-state index in [1.807, 2.05) is 13.0 Å². The molecule has 1 aromatic heterocycles. The molecular formula is C13H12BrFN2. The summed E-state index contributed by atoms with van der Waals surface area (Å²) in [6, 6.07) is 7.00. The summed E-state index contributed by atoms with van der Waals surface area (Å²) in [5.41, 5.74) is 3.08. The lowest BCUT2D eigenvalue weighted by Crippen LogP contribution is -2.00. The topological polar surface area (TPSA) is 24.9 Å². The van der Waals surface area contributed by atoms with E-state index in [1.165, 1.54) is 6.07 Å². The van der Waals surface area contributed by atoms with Crippen molar-refractivity contribution in [2.45, 2.75) is 13.5 Å². The van der Waals surface area contributed by atoms with Gasteiger partial charge in [-0.2, -0.15) is 0 Å². The summed E-state index contributed by atoms with van der Waals surface area (Å²) < 4.78 is 13.5. The lowest BCUT2D eigenvalue weighted by Gasteiger charge is -2.07. The van der Waals surface area contributed by atoms with Crippen LogP contribution in [0.3, 0.4) is 0 Å². The molecule has 2 aromatic rings. The molecule has 2 nitrogen and oxygen atoms in total. The summed E-state index contributed by atoms with van der Waals surface area (Å²) >= 11 is 3.17. The monoisotopic (exact) mass is 294 g/mol. The second-order valence-corrected chi connectivity index (χ2v) is 4.71. The van der Waals surface area contributed by atoms with E-state index in [0.29, 0.717) is 11.0 Å². The van der Waals surface area contributed by atoms with Crippen molar-refractivity contribution in [2.24, 2.45) is 0 Å². The second-order valence-electron chi connectivity index (χ2n) is 3.85.